The Bertz CT molecular complexity index is 1180. The summed E-state index contributed by atoms with van der Waals surface area (Å²) in [7, 11) is 1.63. The van der Waals surface area contributed by atoms with Gasteiger partial charge in [0.2, 0.25) is 5.75 Å². The predicted octanol–water partition coefficient (Wildman–Crippen LogP) is 3.78. The van der Waals surface area contributed by atoms with E-state index in [9.17, 15) is 23.9 Å². The van der Waals surface area contributed by atoms with Crippen LogP contribution >= 0.6 is 0 Å². The first-order valence-electron chi connectivity index (χ1n) is 11.5. The van der Waals surface area contributed by atoms with Crippen molar-refractivity contribution in [2.75, 3.05) is 7.05 Å². The molecule has 1 aromatic heterocycles. The molecule has 1 amide bonds. The highest BCUT2D eigenvalue weighted by molar-refractivity contribution is 5.96. The van der Waals surface area contributed by atoms with Gasteiger partial charge in [-0.3, -0.25) is 19.1 Å². The molecular weight excluding hydrogens is 441 g/mol. The van der Waals surface area contributed by atoms with Crippen molar-refractivity contribution >= 4 is 11.9 Å². The fourth-order valence-corrected chi connectivity index (χ4v) is 4.99. The molecule has 1 aromatic carbocycles. The summed E-state index contributed by atoms with van der Waals surface area (Å²) in [6, 6.07) is 5.80. The number of hydrogen-bond donors (Lipinski definition) is 1. The summed E-state index contributed by atoms with van der Waals surface area (Å²) in [5.74, 6) is -1.08. The lowest BCUT2D eigenvalue weighted by molar-refractivity contribution is -0.00171. The first-order valence-corrected chi connectivity index (χ1v) is 11.5. The number of halogens is 1. The van der Waals surface area contributed by atoms with Gasteiger partial charge in [-0.1, -0.05) is 12.1 Å². The molecule has 0 saturated heterocycles. The quantitative estimate of drug-likeness (QED) is 0.666. The van der Waals surface area contributed by atoms with E-state index in [0.717, 1.165) is 12.0 Å². The molecule has 4 rings (SSSR count). The number of fused-ring (bicyclic) bond motifs is 4. The van der Waals surface area contributed by atoms with Crippen LogP contribution in [0.25, 0.3) is 0 Å². The topological polar surface area (TPSA) is 102 Å². The van der Waals surface area contributed by atoms with E-state index >= 15 is 0 Å². The molecule has 2 aliphatic rings. The molecule has 1 fully saturated rings. The molecule has 8 nitrogen and oxygen atoms in total. The molecule has 1 N–H and O–H groups in total. The van der Waals surface area contributed by atoms with Gasteiger partial charge in [0.25, 0.3) is 5.56 Å². The lowest BCUT2D eigenvalue weighted by Crippen LogP contribution is -2.52. The zero-order valence-corrected chi connectivity index (χ0v) is 19.9. The molecule has 2 bridgehead atoms. The summed E-state index contributed by atoms with van der Waals surface area (Å²) >= 11 is 0. The molecule has 1 aliphatic carbocycles. The lowest BCUT2D eigenvalue weighted by atomic mass is 9.89. The van der Waals surface area contributed by atoms with Gasteiger partial charge in [0, 0.05) is 20.0 Å². The summed E-state index contributed by atoms with van der Waals surface area (Å²) in [6.45, 7) is 5.72. The molecule has 0 radical (unpaired) electrons. The van der Waals surface area contributed by atoms with E-state index in [1.165, 1.54) is 21.6 Å². The number of Topliss-reactive ketones (excluding diaryl/α,β-unsaturated/α-hetero) is 1. The van der Waals surface area contributed by atoms with Gasteiger partial charge in [0.05, 0.1) is 0 Å². The van der Waals surface area contributed by atoms with Crippen LogP contribution in [0.1, 0.15) is 68.3 Å². The van der Waals surface area contributed by atoms with Crippen LogP contribution in [0, 0.1) is 11.7 Å². The maximum atomic E-state index is 13.1. The third-order valence-corrected chi connectivity index (χ3v) is 6.72. The minimum Gasteiger partial charge on any atom is -0.501 e. The van der Waals surface area contributed by atoms with E-state index in [2.05, 4.69) is 4.98 Å². The summed E-state index contributed by atoms with van der Waals surface area (Å²) in [5, 5.41) is 10.6. The van der Waals surface area contributed by atoms with Gasteiger partial charge >= 0.3 is 6.09 Å². The normalized spacial score (nSPS) is 21.1. The number of ketones is 1. The molecule has 2 heterocycles. The molecule has 1 saturated carbocycles. The highest BCUT2D eigenvalue weighted by Gasteiger charge is 2.53. The number of carbonyl (C=O) groups is 2. The van der Waals surface area contributed by atoms with E-state index < -0.39 is 34.3 Å². The lowest BCUT2D eigenvalue weighted by Gasteiger charge is -2.42. The summed E-state index contributed by atoms with van der Waals surface area (Å²) in [4.78, 5) is 45.0. The molecule has 182 valence electrons. The van der Waals surface area contributed by atoms with Gasteiger partial charge in [-0.15, -0.1) is 0 Å². The number of aromatic hydroxyl groups is 1. The summed E-state index contributed by atoms with van der Waals surface area (Å²) in [5.41, 5.74) is -1.81. The maximum absolute atomic E-state index is 13.1. The van der Waals surface area contributed by atoms with Crippen LogP contribution in [0.4, 0.5) is 9.18 Å². The third-order valence-electron chi connectivity index (χ3n) is 6.72. The Labute approximate surface area is 197 Å². The average Bonchev–Trinajstić information content (AvgIpc) is 3.13. The Balaban J connectivity index is 1.69. The fourth-order valence-electron chi connectivity index (χ4n) is 4.99. The van der Waals surface area contributed by atoms with Crippen LogP contribution in [0.2, 0.25) is 0 Å². The van der Waals surface area contributed by atoms with Crippen molar-refractivity contribution in [3.8, 4) is 5.75 Å². The van der Waals surface area contributed by atoms with Gasteiger partial charge in [0.15, 0.2) is 11.5 Å². The first kappa shape index (κ1) is 23.9. The van der Waals surface area contributed by atoms with Crippen molar-refractivity contribution in [2.24, 2.45) is 5.92 Å². The summed E-state index contributed by atoms with van der Waals surface area (Å²) in [6.07, 6.45) is 1.73. The van der Waals surface area contributed by atoms with Crippen LogP contribution in [0.15, 0.2) is 29.1 Å². The second kappa shape index (κ2) is 8.52. The Morgan fingerprint density at radius 3 is 2.62 bits per heavy atom. The fraction of sp³-hybridized carbons (Fsp3) is 0.520. The second-order valence-corrected chi connectivity index (χ2v) is 10.3. The van der Waals surface area contributed by atoms with Gasteiger partial charge < -0.3 is 9.84 Å². The molecule has 2 aromatic rings. The van der Waals surface area contributed by atoms with Crippen molar-refractivity contribution in [1.82, 2.24) is 14.5 Å². The summed E-state index contributed by atoms with van der Waals surface area (Å²) < 4.78 is 20.1. The zero-order valence-electron chi connectivity index (χ0n) is 19.9. The molecule has 1 aliphatic heterocycles. The van der Waals surface area contributed by atoms with E-state index in [1.54, 1.807) is 40.0 Å². The number of ether oxygens (including phenoxy) is 1. The molecule has 34 heavy (non-hydrogen) atoms. The van der Waals surface area contributed by atoms with Crippen LogP contribution in [-0.2, 0) is 23.2 Å². The van der Waals surface area contributed by atoms with Crippen LogP contribution < -0.4 is 5.56 Å². The zero-order chi connectivity index (χ0) is 24.8. The highest BCUT2D eigenvalue weighted by Crippen LogP contribution is 2.49. The Hall–Kier alpha value is -3.23. The first-order chi connectivity index (χ1) is 15.9. The number of rotatable bonds is 5. The largest absolute Gasteiger partial charge is 0.501 e. The number of carbonyl (C=O) groups excluding carboxylic acids is 2. The molecule has 0 spiro atoms. The molecule has 9 heteroatoms. The minimum atomic E-state index is -0.899. The molecule has 2 atom stereocenters. The highest BCUT2D eigenvalue weighted by atomic mass is 19.1. The van der Waals surface area contributed by atoms with Gasteiger partial charge in [-0.25, -0.2) is 14.2 Å². The van der Waals surface area contributed by atoms with Crippen molar-refractivity contribution in [3.63, 3.8) is 0 Å². The third kappa shape index (κ3) is 4.31. The Morgan fingerprint density at radius 2 is 1.97 bits per heavy atom. The van der Waals surface area contributed by atoms with Gasteiger partial charge in [-0.2, -0.15) is 0 Å². The standard InChI is InChI=1S/C25H30FN3O5/c1-24(2,3)34-23(33)28(4)25-12-11-16(13-25)14-29-21(32)20(31)19(27-22(25)29)18(30)10-7-15-5-8-17(26)9-6-15/h5-6,8-9,16,31H,7,10-14H2,1-4H3. The van der Waals surface area contributed by atoms with Crippen molar-refractivity contribution in [3.05, 3.63) is 57.5 Å². The monoisotopic (exact) mass is 471 g/mol. The maximum Gasteiger partial charge on any atom is 0.410 e. The van der Waals surface area contributed by atoms with E-state index in [1.807, 2.05) is 0 Å². The minimum absolute atomic E-state index is 0.00733. The van der Waals surface area contributed by atoms with Crippen molar-refractivity contribution < 1.29 is 23.8 Å². The number of aromatic nitrogens is 2. The predicted molar refractivity (Wildman–Crippen MR) is 122 cm³/mol. The number of amides is 1. The van der Waals surface area contributed by atoms with Gasteiger partial charge in [0.1, 0.15) is 22.8 Å². The number of hydrogen-bond acceptors (Lipinski definition) is 6. The van der Waals surface area contributed by atoms with E-state index in [-0.39, 0.29) is 23.8 Å². The van der Waals surface area contributed by atoms with E-state index in [4.69, 9.17) is 4.74 Å². The number of benzene rings is 1. The van der Waals surface area contributed by atoms with Crippen LogP contribution in [-0.4, -0.2) is 44.1 Å². The van der Waals surface area contributed by atoms with E-state index in [0.29, 0.717) is 31.6 Å². The second-order valence-electron chi connectivity index (χ2n) is 10.3. The van der Waals surface area contributed by atoms with Crippen molar-refractivity contribution in [1.29, 1.82) is 0 Å². The van der Waals surface area contributed by atoms with Gasteiger partial charge in [-0.05, 0) is 70.1 Å². The number of aryl methyl sites for hydroxylation is 1. The molecule has 2 unspecified atom stereocenters. The Kier molecular flexibility index (Phi) is 5.99. The molecular formula is C25H30FN3O5. The average molecular weight is 472 g/mol. The van der Waals surface area contributed by atoms with Crippen LogP contribution in [0.3, 0.4) is 0 Å². The van der Waals surface area contributed by atoms with Crippen LogP contribution in [0.5, 0.6) is 5.75 Å². The Morgan fingerprint density at radius 1 is 1.29 bits per heavy atom. The smallest absolute Gasteiger partial charge is 0.410 e. The SMILES string of the molecule is CN(C(=O)OC(C)(C)C)C12CCC(Cn3c1nc(C(=O)CCc1ccc(F)cc1)c(O)c3=O)C2. The van der Waals surface area contributed by atoms with Crippen molar-refractivity contribution in [2.45, 2.75) is 70.6 Å². The number of nitrogens with zero attached hydrogens (tertiary/aromatic N) is 3.